The third kappa shape index (κ3) is 5.90. The first-order chi connectivity index (χ1) is 15.7. The number of hydrogen-bond donors (Lipinski definition) is 1. The zero-order chi connectivity index (χ0) is 22.2. The van der Waals surface area contributed by atoms with Crippen molar-refractivity contribution in [3.63, 3.8) is 0 Å². The van der Waals surface area contributed by atoms with Gasteiger partial charge in [0.15, 0.2) is 0 Å². The van der Waals surface area contributed by atoms with Crippen LogP contribution in [0.1, 0.15) is 20.8 Å². The van der Waals surface area contributed by atoms with Crippen LogP contribution in [0.25, 0.3) is 0 Å². The minimum Gasteiger partial charge on any atom is -0.497 e. The third-order valence-electron chi connectivity index (χ3n) is 4.60. The Morgan fingerprint density at radius 2 is 1.91 bits per heavy atom. The number of carbonyl (C=O) groups excluding carboxylic acids is 1. The number of pyridine rings is 1. The fraction of sp³-hybridized carbons (Fsp3) is 0.120. The van der Waals surface area contributed by atoms with Gasteiger partial charge in [-0.2, -0.15) is 0 Å². The lowest BCUT2D eigenvalue weighted by molar-refractivity contribution is 0.0948. The van der Waals surface area contributed by atoms with E-state index in [2.05, 4.69) is 21.7 Å². The summed E-state index contributed by atoms with van der Waals surface area (Å²) in [5.41, 5.74) is 1.57. The van der Waals surface area contributed by atoms with Crippen LogP contribution >= 0.6 is 23.1 Å². The summed E-state index contributed by atoms with van der Waals surface area (Å²) >= 11 is 3.39. The van der Waals surface area contributed by atoms with Gasteiger partial charge in [0.1, 0.15) is 11.5 Å². The lowest BCUT2D eigenvalue weighted by Crippen LogP contribution is -2.23. The maximum Gasteiger partial charge on any atom is 0.252 e. The Morgan fingerprint density at radius 3 is 2.69 bits per heavy atom. The van der Waals surface area contributed by atoms with Gasteiger partial charge in [0.2, 0.25) is 5.88 Å². The van der Waals surface area contributed by atoms with Crippen molar-refractivity contribution in [2.75, 3.05) is 7.11 Å². The highest BCUT2D eigenvalue weighted by Crippen LogP contribution is 2.28. The number of amides is 1. The fourth-order valence-electron chi connectivity index (χ4n) is 2.96. The topological polar surface area (TPSA) is 60.5 Å². The average Bonchev–Trinajstić information content (AvgIpc) is 3.36. The molecular weight excluding hydrogens is 440 g/mol. The second-order valence-electron chi connectivity index (χ2n) is 6.83. The molecule has 2 aromatic carbocycles. The van der Waals surface area contributed by atoms with Crippen molar-refractivity contribution in [1.82, 2.24) is 10.3 Å². The van der Waals surface area contributed by atoms with E-state index in [4.69, 9.17) is 9.47 Å². The Morgan fingerprint density at radius 1 is 1.03 bits per heavy atom. The van der Waals surface area contributed by atoms with Crippen LogP contribution in [0.3, 0.4) is 0 Å². The highest BCUT2D eigenvalue weighted by atomic mass is 32.2. The fourth-order valence-corrected chi connectivity index (χ4v) is 4.79. The minimum absolute atomic E-state index is 0.101. The number of rotatable bonds is 9. The number of thioether (sulfide) groups is 1. The maximum absolute atomic E-state index is 12.8. The van der Waals surface area contributed by atoms with Gasteiger partial charge in [-0.3, -0.25) is 4.79 Å². The van der Waals surface area contributed by atoms with E-state index in [-0.39, 0.29) is 5.91 Å². The molecule has 0 bridgehead atoms. The predicted octanol–water partition coefficient (Wildman–Crippen LogP) is 6.17. The maximum atomic E-state index is 12.8. The van der Waals surface area contributed by atoms with Crippen molar-refractivity contribution < 1.29 is 14.3 Å². The summed E-state index contributed by atoms with van der Waals surface area (Å²) in [6.07, 6.45) is 1.70. The smallest absolute Gasteiger partial charge is 0.252 e. The van der Waals surface area contributed by atoms with Crippen LogP contribution in [0.15, 0.2) is 89.3 Å². The number of nitrogens with zero attached hydrogens (tertiary/aromatic N) is 1. The summed E-state index contributed by atoms with van der Waals surface area (Å²) in [5, 5.41) is 5.05. The van der Waals surface area contributed by atoms with E-state index >= 15 is 0 Å². The largest absolute Gasteiger partial charge is 0.497 e. The Balaban J connectivity index is 1.34. The van der Waals surface area contributed by atoms with Crippen molar-refractivity contribution in [3.8, 4) is 17.4 Å². The molecule has 0 saturated carbocycles. The first kappa shape index (κ1) is 21.9. The molecule has 0 atom stereocenters. The number of hydrogen-bond acceptors (Lipinski definition) is 6. The van der Waals surface area contributed by atoms with Gasteiger partial charge >= 0.3 is 0 Å². The Labute approximate surface area is 195 Å². The van der Waals surface area contributed by atoms with Crippen LogP contribution < -0.4 is 14.8 Å². The highest BCUT2D eigenvalue weighted by Gasteiger charge is 2.12. The highest BCUT2D eigenvalue weighted by molar-refractivity contribution is 7.98. The first-order valence-corrected chi connectivity index (χ1v) is 11.9. The molecule has 7 heteroatoms. The molecule has 0 fully saturated rings. The van der Waals surface area contributed by atoms with Gasteiger partial charge in [-0.15, -0.1) is 23.1 Å². The molecule has 0 radical (unpaired) electrons. The molecule has 0 aliphatic carbocycles. The summed E-state index contributed by atoms with van der Waals surface area (Å²) in [6, 6.07) is 22.8. The van der Waals surface area contributed by atoms with Crippen LogP contribution in [0.2, 0.25) is 0 Å². The van der Waals surface area contributed by atoms with Crippen LogP contribution in [0, 0.1) is 0 Å². The number of carbonyl (C=O) groups is 1. The van der Waals surface area contributed by atoms with E-state index < -0.39 is 0 Å². The van der Waals surface area contributed by atoms with E-state index in [9.17, 15) is 4.79 Å². The van der Waals surface area contributed by atoms with Crippen molar-refractivity contribution in [3.05, 3.63) is 100 Å². The minimum atomic E-state index is -0.101. The molecular formula is C25H22N2O3S2. The van der Waals surface area contributed by atoms with E-state index in [0.717, 1.165) is 22.0 Å². The SMILES string of the molecule is COc1cccc(Oc2ccc(CNC(=O)c3ccccc3SCc3cccs3)cn2)c1. The summed E-state index contributed by atoms with van der Waals surface area (Å²) in [7, 11) is 1.61. The van der Waals surface area contributed by atoms with Gasteiger partial charge in [-0.25, -0.2) is 4.98 Å². The zero-order valence-electron chi connectivity index (χ0n) is 17.5. The molecule has 0 aliphatic heterocycles. The average molecular weight is 463 g/mol. The Kier molecular flexibility index (Phi) is 7.42. The molecule has 0 spiro atoms. The Hall–Kier alpha value is -3.29. The molecule has 2 heterocycles. The van der Waals surface area contributed by atoms with Gasteiger partial charge in [0.25, 0.3) is 5.91 Å². The van der Waals surface area contributed by atoms with Gasteiger partial charge in [0, 0.05) is 40.4 Å². The van der Waals surface area contributed by atoms with Gasteiger partial charge < -0.3 is 14.8 Å². The predicted molar refractivity (Wildman–Crippen MR) is 129 cm³/mol. The first-order valence-electron chi connectivity index (χ1n) is 10.0. The molecule has 32 heavy (non-hydrogen) atoms. The van der Waals surface area contributed by atoms with Crippen molar-refractivity contribution in [2.45, 2.75) is 17.2 Å². The second kappa shape index (κ2) is 10.8. The van der Waals surface area contributed by atoms with E-state index in [1.165, 1.54) is 4.88 Å². The lowest BCUT2D eigenvalue weighted by atomic mass is 10.2. The van der Waals surface area contributed by atoms with E-state index in [0.29, 0.717) is 23.7 Å². The van der Waals surface area contributed by atoms with Crippen molar-refractivity contribution in [1.29, 1.82) is 0 Å². The van der Waals surface area contributed by atoms with E-state index in [1.807, 2.05) is 54.6 Å². The molecule has 1 amide bonds. The molecule has 2 aromatic heterocycles. The normalized spacial score (nSPS) is 10.5. The zero-order valence-corrected chi connectivity index (χ0v) is 19.1. The lowest BCUT2D eigenvalue weighted by Gasteiger charge is -2.10. The van der Waals surface area contributed by atoms with Crippen LogP contribution in [-0.2, 0) is 12.3 Å². The van der Waals surface area contributed by atoms with Gasteiger partial charge in [-0.1, -0.05) is 30.3 Å². The second-order valence-corrected chi connectivity index (χ2v) is 8.88. The Bertz CT molecular complexity index is 1160. The van der Waals surface area contributed by atoms with Gasteiger partial charge in [-0.05, 0) is 41.3 Å². The van der Waals surface area contributed by atoms with Crippen molar-refractivity contribution in [2.24, 2.45) is 0 Å². The molecule has 4 aromatic rings. The van der Waals surface area contributed by atoms with Crippen LogP contribution in [0.5, 0.6) is 17.4 Å². The summed E-state index contributed by atoms with van der Waals surface area (Å²) < 4.78 is 11.0. The third-order valence-corrected chi connectivity index (χ3v) is 6.78. The summed E-state index contributed by atoms with van der Waals surface area (Å²) in [4.78, 5) is 19.4. The van der Waals surface area contributed by atoms with Crippen LogP contribution in [-0.4, -0.2) is 18.0 Å². The van der Waals surface area contributed by atoms with Gasteiger partial charge in [0.05, 0.1) is 12.7 Å². The number of methoxy groups -OCH3 is 1. The van der Waals surface area contributed by atoms with Crippen molar-refractivity contribution >= 4 is 29.0 Å². The molecule has 0 unspecified atom stereocenters. The number of nitrogens with one attached hydrogen (secondary N) is 1. The molecule has 0 saturated heterocycles. The monoisotopic (exact) mass is 462 g/mol. The molecule has 0 aliphatic rings. The van der Waals surface area contributed by atoms with Crippen LogP contribution in [0.4, 0.5) is 0 Å². The number of thiophene rings is 1. The molecule has 1 N–H and O–H groups in total. The van der Waals surface area contributed by atoms with E-state index in [1.54, 1.807) is 48.5 Å². The standard InChI is InChI=1S/C25H22N2O3S2/c1-29-19-6-4-7-20(14-19)30-24-12-11-18(15-26-24)16-27-25(28)22-9-2-3-10-23(22)32-17-21-8-5-13-31-21/h2-15H,16-17H2,1H3,(H,27,28). The summed E-state index contributed by atoms with van der Waals surface area (Å²) in [6.45, 7) is 0.384. The molecule has 162 valence electrons. The number of ether oxygens (including phenoxy) is 2. The summed E-state index contributed by atoms with van der Waals surface area (Å²) in [5.74, 6) is 2.59. The molecule has 5 nitrogen and oxygen atoms in total. The number of aromatic nitrogens is 1. The quantitative estimate of drug-likeness (QED) is 0.302. The number of benzene rings is 2. The molecule has 4 rings (SSSR count).